The molecular formula is C28H24N2O4. The number of fused-ring (bicyclic) bond motifs is 1. The summed E-state index contributed by atoms with van der Waals surface area (Å²) < 4.78 is 4.82. The van der Waals surface area contributed by atoms with Crippen molar-refractivity contribution in [1.82, 2.24) is 0 Å². The Bertz CT molecular complexity index is 1340. The average molecular weight is 453 g/mol. The standard InChI is InChI=1S/C28H24N2O4/c1-28(2,33)25(20-13-11-18(16-29)12-14-20)24-22-9-4-5-10-23(22)30(26(24)31)17-19-7-6-8-21(15-19)27(32)34-3/h4-15,33H,17H2,1-3H3/b25-24-. The first-order chi connectivity index (χ1) is 16.2. The molecule has 1 aliphatic rings. The van der Waals surface area contributed by atoms with E-state index in [0.29, 0.717) is 27.8 Å². The van der Waals surface area contributed by atoms with Crippen molar-refractivity contribution >= 4 is 28.7 Å². The van der Waals surface area contributed by atoms with Gasteiger partial charge in [0.25, 0.3) is 5.91 Å². The minimum Gasteiger partial charge on any atom is -0.465 e. The van der Waals surface area contributed by atoms with E-state index in [1.165, 1.54) is 7.11 Å². The van der Waals surface area contributed by atoms with Crippen LogP contribution < -0.4 is 4.90 Å². The lowest BCUT2D eigenvalue weighted by molar-refractivity contribution is -0.113. The number of rotatable bonds is 5. The Labute approximate surface area is 198 Å². The maximum Gasteiger partial charge on any atom is 0.337 e. The highest BCUT2D eigenvalue weighted by Gasteiger charge is 2.38. The fraction of sp³-hybridized carbons (Fsp3) is 0.179. The number of para-hydroxylation sites is 1. The first kappa shape index (κ1) is 23.0. The van der Waals surface area contributed by atoms with Gasteiger partial charge in [0.2, 0.25) is 0 Å². The summed E-state index contributed by atoms with van der Waals surface area (Å²) in [4.78, 5) is 27.5. The second-order valence-electron chi connectivity index (χ2n) is 8.60. The molecule has 0 aliphatic carbocycles. The third-order valence-electron chi connectivity index (χ3n) is 5.78. The fourth-order valence-electron chi connectivity index (χ4n) is 4.29. The molecule has 170 valence electrons. The van der Waals surface area contributed by atoms with Gasteiger partial charge in [0.15, 0.2) is 0 Å². The molecule has 0 fully saturated rings. The van der Waals surface area contributed by atoms with Crippen LogP contribution in [0.2, 0.25) is 0 Å². The van der Waals surface area contributed by atoms with Gasteiger partial charge in [-0.15, -0.1) is 0 Å². The van der Waals surface area contributed by atoms with E-state index in [2.05, 4.69) is 6.07 Å². The molecule has 3 aromatic rings. The number of carbonyl (C=O) groups excluding carboxylic acids is 2. The summed E-state index contributed by atoms with van der Waals surface area (Å²) in [6.07, 6.45) is 0. The van der Waals surface area contributed by atoms with Crippen molar-refractivity contribution in [2.24, 2.45) is 0 Å². The zero-order chi connectivity index (χ0) is 24.5. The van der Waals surface area contributed by atoms with E-state index in [1.807, 2.05) is 30.3 Å². The number of anilines is 1. The Morgan fingerprint density at radius 1 is 1.03 bits per heavy atom. The highest BCUT2D eigenvalue weighted by molar-refractivity contribution is 6.38. The van der Waals surface area contributed by atoms with Crippen LogP contribution in [0.25, 0.3) is 11.1 Å². The van der Waals surface area contributed by atoms with Crippen LogP contribution in [0.5, 0.6) is 0 Å². The van der Waals surface area contributed by atoms with Crippen LogP contribution in [0.3, 0.4) is 0 Å². The molecule has 6 heteroatoms. The average Bonchev–Trinajstić information content (AvgIpc) is 3.10. The normalized spacial score (nSPS) is 14.4. The van der Waals surface area contributed by atoms with Gasteiger partial charge in [-0.1, -0.05) is 42.5 Å². The first-order valence-electron chi connectivity index (χ1n) is 10.8. The Balaban J connectivity index is 1.85. The van der Waals surface area contributed by atoms with E-state index >= 15 is 0 Å². The summed E-state index contributed by atoms with van der Waals surface area (Å²) in [7, 11) is 1.33. The van der Waals surface area contributed by atoms with E-state index < -0.39 is 11.6 Å². The number of benzene rings is 3. The number of nitrogens with zero attached hydrogens (tertiary/aromatic N) is 2. The highest BCUT2D eigenvalue weighted by atomic mass is 16.5. The van der Waals surface area contributed by atoms with Crippen molar-refractivity contribution in [3.63, 3.8) is 0 Å². The highest BCUT2D eigenvalue weighted by Crippen LogP contribution is 2.44. The number of hydrogen-bond donors (Lipinski definition) is 1. The van der Waals surface area contributed by atoms with Gasteiger partial charge < -0.3 is 14.7 Å². The predicted octanol–water partition coefficient (Wildman–Crippen LogP) is 4.57. The predicted molar refractivity (Wildman–Crippen MR) is 130 cm³/mol. The molecule has 0 unspecified atom stereocenters. The lowest BCUT2D eigenvalue weighted by Crippen LogP contribution is -2.29. The van der Waals surface area contributed by atoms with Crippen molar-refractivity contribution in [3.05, 3.63) is 101 Å². The second-order valence-corrected chi connectivity index (χ2v) is 8.60. The van der Waals surface area contributed by atoms with Gasteiger partial charge in [-0.05, 0) is 55.3 Å². The summed E-state index contributed by atoms with van der Waals surface area (Å²) in [5.41, 5.74) is 3.36. The Morgan fingerprint density at radius 2 is 1.74 bits per heavy atom. The number of aliphatic hydroxyl groups is 1. The van der Waals surface area contributed by atoms with Crippen LogP contribution in [-0.4, -0.2) is 29.7 Å². The number of hydrogen-bond acceptors (Lipinski definition) is 5. The van der Waals surface area contributed by atoms with Gasteiger partial charge in [-0.2, -0.15) is 5.26 Å². The Hall–Kier alpha value is -4.21. The minimum atomic E-state index is -1.33. The molecule has 0 spiro atoms. The number of nitriles is 1. The molecule has 6 nitrogen and oxygen atoms in total. The van der Waals surface area contributed by atoms with E-state index in [0.717, 1.165) is 16.8 Å². The fourth-order valence-corrected chi connectivity index (χ4v) is 4.29. The second kappa shape index (κ2) is 8.97. The first-order valence-corrected chi connectivity index (χ1v) is 10.8. The number of methoxy groups -OCH3 is 1. The molecule has 0 saturated carbocycles. The zero-order valence-electron chi connectivity index (χ0n) is 19.2. The topological polar surface area (TPSA) is 90.6 Å². The molecule has 4 rings (SSSR count). The number of amides is 1. The molecule has 0 atom stereocenters. The molecule has 1 aliphatic heterocycles. The quantitative estimate of drug-likeness (QED) is 0.452. The lowest BCUT2D eigenvalue weighted by Gasteiger charge is -2.25. The largest absolute Gasteiger partial charge is 0.465 e. The van der Waals surface area contributed by atoms with Crippen LogP contribution in [-0.2, 0) is 16.1 Å². The van der Waals surface area contributed by atoms with Crippen LogP contribution in [0.4, 0.5) is 5.69 Å². The molecule has 3 aromatic carbocycles. The van der Waals surface area contributed by atoms with E-state index in [-0.39, 0.29) is 12.5 Å². The van der Waals surface area contributed by atoms with Gasteiger partial charge in [-0.25, -0.2) is 4.79 Å². The molecule has 0 aromatic heterocycles. The van der Waals surface area contributed by atoms with E-state index in [4.69, 9.17) is 10.00 Å². The molecule has 1 amide bonds. The monoisotopic (exact) mass is 452 g/mol. The summed E-state index contributed by atoms with van der Waals surface area (Å²) in [5, 5.41) is 20.3. The summed E-state index contributed by atoms with van der Waals surface area (Å²) >= 11 is 0. The molecule has 0 saturated heterocycles. The van der Waals surface area contributed by atoms with Crippen LogP contribution >= 0.6 is 0 Å². The van der Waals surface area contributed by atoms with Crippen molar-refractivity contribution in [3.8, 4) is 6.07 Å². The Morgan fingerprint density at radius 3 is 2.38 bits per heavy atom. The minimum absolute atomic E-state index is 0.244. The number of ether oxygens (including phenoxy) is 1. The molecule has 0 bridgehead atoms. The maximum atomic E-state index is 13.8. The van der Waals surface area contributed by atoms with Crippen molar-refractivity contribution in [2.45, 2.75) is 26.0 Å². The van der Waals surface area contributed by atoms with Crippen molar-refractivity contribution in [2.75, 3.05) is 12.0 Å². The summed E-state index contributed by atoms with van der Waals surface area (Å²) in [5.74, 6) is -0.688. The van der Waals surface area contributed by atoms with Gasteiger partial charge >= 0.3 is 5.97 Å². The van der Waals surface area contributed by atoms with E-state index in [1.54, 1.807) is 61.2 Å². The Kier molecular flexibility index (Phi) is 6.06. The van der Waals surface area contributed by atoms with Crippen LogP contribution in [0, 0.1) is 11.3 Å². The van der Waals surface area contributed by atoms with Crippen molar-refractivity contribution < 1.29 is 19.4 Å². The van der Waals surface area contributed by atoms with Crippen LogP contribution in [0.15, 0.2) is 72.8 Å². The number of carbonyl (C=O) groups is 2. The van der Waals surface area contributed by atoms with Gasteiger partial charge in [-0.3, -0.25) is 4.79 Å². The van der Waals surface area contributed by atoms with Gasteiger partial charge in [0.05, 0.1) is 47.7 Å². The van der Waals surface area contributed by atoms with Gasteiger partial charge in [0.1, 0.15) is 0 Å². The molecular weight excluding hydrogens is 428 g/mol. The number of esters is 1. The lowest BCUT2D eigenvalue weighted by atomic mass is 9.84. The molecule has 34 heavy (non-hydrogen) atoms. The van der Waals surface area contributed by atoms with Gasteiger partial charge in [0, 0.05) is 11.1 Å². The third-order valence-corrected chi connectivity index (χ3v) is 5.78. The SMILES string of the molecule is COC(=O)c1cccc(CN2C(=O)/C(=C(/c3ccc(C#N)cc3)C(C)(C)O)c3ccccc32)c1. The summed E-state index contributed by atoms with van der Waals surface area (Å²) in [6.45, 7) is 3.54. The van der Waals surface area contributed by atoms with Crippen molar-refractivity contribution in [1.29, 1.82) is 5.26 Å². The van der Waals surface area contributed by atoms with E-state index in [9.17, 15) is 14.7 Å². The molecule has 0 radical (unpaired) electrons. The zero-order valence-corrected chi connectivity index (χ0v) is 19.2. The smallest absolute Gasteiger partial charge is 0.337 e. The maximum absolute atomic E-state index is 13.8. The van der Waals surface area contributed by atoms with Crippen LogP contribution in [0.1, 0.15) is 46.5 Å². The molecule has 1 N–H and O–H groups in total. The molecule has 1 heterocycles. The third kappa shape index (κ3) is 4.21. The summed E-state index contributed by atoms with van der Waals surface area (Å²) in [6, 6.07) is 23.3.